The molecule has 164 valence electrons. The maximum Gasteiger partial charge on any atom is 0.281 e. The van der Waals surface area contributed by atoms with Gasteiger partial charge in [0.25, 0.3) is 10.2 Å². The van der Waals surface area contributed by atoms with Crippen LogP contribution >= 0.6 is 15.9 Å². The zero-order chi connectivity index (χ0) is 21.9. The van der Waals surface area contributed by atoms with Crippen LogP contribution in [0.2, 0.25) is 0 Å². The third-order valence-electron chi connectivity index (χ3n) is 4.56. The summed E-state index contributed by atoms with van der Waals surface area (Å²) in [7, 11) is -0.455. The van der Waals surface area contributed by atoms with E-state index in [0.29, 0.717) is 31.7 Å². The van der Waals surface area contributed by atoms with Crippen LogP contribution < -0.4 is 10.8 Å². The Hall–Kier alpha value is -2.13. The van der Waals surface area contributed by atoms with E-state index in [1.165, 1.54) is 40.9 Å². The number of hydroxylamine groups is 1. The molecule has 2 aromatic rings. The molecule has 11 nitrogen and oxygen atoms in total. The van der Waals surface area contributed by atoms with Gasteiger partial charge in [-0.3, -0.25) is 10.7 Å². The van der Waals surface area contributed by atoms with E-state index < -0.39 is 16.0 Å². The Labute approximate surface area is 181 Å². The lowest BCUT2D eigenvalue weighted by Gasteiger charge is -2.20. The zero-order valence-corrected chi connectivity index (χ0v) is 18.6. The third-order valence-corrected chi connectivity index (χ3v) is 7.07. The molecule has 1 fully saturated rings. The molecule has 30 heavy (non-hydrogen) atoms. The molecule has 3 N–H and O–H groups in total. The number of nitrogens with one attached hydrogen (secondary N) is 2. The summed E-state index contributed by atoms with van der Waals surface area (Å²) in [5.74, 6) is -0.217. The summed E-state index contributed by atoms with van der Waals surface area (Å²) in [6, 6.07) is 4.09. The highest BCUT2D eigenvalue weighted by atomic mass is 79.9. The lowest BCUT2D eigenvalue weighted by molar-refractivity contribution is 0.234. The smallest absolute Gasteiger partial charge is 0.281 e. The van der Waals surface area contributed by atoms with Crippen molar-refractivity contribution in [2.24, 2.45) is 10.9 Å². The molecule has 1 atom stereocenters. The fraction of sp³-hybridized carbons (Fsp3) is 0.438. The first-order chi connectivity index (χ1) is 14.2. The maximum atomic E-state index is 13.4. The van der Waals surface area contributed by atoms with Crippen molar-refractivity contribution in [1.29, 1.82) is 0 Å². The van der Waals surface area contributed by atoms with E-state index in [-0.39, 0.29) is 27.7 Å². The van der Waals surface area contributed by atoms with Crippen LogP contribution in [0, 0.1) is 11.7 Å². The Morgan fingerprint density at radius 3 is 2.90 bits per heavy atom. The molecule has 1 aromatic heterocycles. The number of amidine groups is 1. The van der Waals surface area contributed by atoms with Crippen molar-refractivity contribution in [3.8, 4) is 0 Å². The summed E-state index contributed by atoms with van der Waals surface area (Å²) in [6.07, 6.45) is 0.684. The lowest BCUT2D eigenvalue weighted by Crippen LogP contribution is -2.38. The van der Waals surface area contributed by atoms with Crippen molar-refractivity contribution in [1.82, 2.24) is 24.4 Å². The predicted molar refractivity (Wildman–Crippen MR) is 110 cm³/mol. The molecule has 0 saturated carbocycles. The zero-order valence-electron chi connectivity index (χ0n) is 16.2. The van der Waals surface area contributed by atoms with Crippen LogP contribution in [0.5, 0.6) is 0 Å². The number of benzene rings is 1. The van der Waals surface area contributed by atoms with Gasteiger partial charge in [0.1, 0.15) is 5.82 Å². The van der Waals surface area contributed by atoms with Crippen molar-refractivity contribution in [3.05, 3.63) is 34.2 Å². The van der Waals surface area contributed by atoms with Crippen LogP contribution in [0.15, 0.2) is 32.3 Å². The van der Waals surface area contributed by atoms with Gasteiger partial charge in [-0.15, -0.1) is 0 Å². The van der Waals surface area contributed by atoms with Gasteiger partial charge in [0.2, 0.25) is 5.82 Å². The summed E-state index contributed by atoms with van der Waals surface area (Å²) in [5.41, 5.74) is 2.42. The van der Waals surface area contributed by atoms with Crippen molar-refractivity contribution in [2.45, 2.75) is 6.42 Å². The molecule has 0 unspecified atom stereocenters. The van der Waals surface area contributed by atoms with Gasteiger partial charge in [0, 0.05) is 33.7 Å². The minimum Gasteiger partial charge on any atom is -0.365 e. The van der Waals surface area contributed by atoms with Crippen LogP contribution in [0.3, 0.4) is 0 Å². The van der Waals surface area contributed by atoms with Crippen LogP contribution in [-0.4, -0.2) is 72.1 Å². The Morgan fingerprint density at radius 2 is 2.23 bits per heavy atom. The van der Waals surface area contributed by atoms with E-state index in [9.17, 15) is 18.0 Å². The molecule has 0 amide bonds. The number of aromatic nitrogens is 2. The molecular formula is C16H21BrFN7O4S. The second kappa shape index (κ2) is 9.34. The number of aliphatic imine (C=N–C) groups is 1. The number of nitrogens with zero attached hydrogens (tertiary/aromatic N) is 5. The van der Waals surface area contributed by atoms with E-state index in [1.807, 2.05) is 5.48 Å². The first kappa shape index (κ1) is 22.6. The molecule has 1 aromatic carbocycles. The van der Waals surface area contributed by atoms with Gasteiger partial charge in [0.15, 0.2) is 11.5 Å². The molecule has 1 saturated heterocycles. The monoisotopic (exact) mass is 505 g/mol. The fourth-order valence-electron chi connectivity index (χ4n) is 2.92. The highest BCUT2D eigenvalue weighted by molar-refractivity contribution is 9.10. The van der Waals surface area contributed by atoms with E-state index in [2.05, 4.69) is 36.6 Å². The third kappa shape index (κ3) is 4.95. The van der Waals surface area contributed by atoms with Gasteiger partial charge in [-0.1, -0.05) is 0 Å². The number of hydrogen-bond donors (Lipinski definition) is 3. The standard InChI is InChI=1S/C16H21BrFN7O4S/c1-24(2)30(27,28)25-6-5-10(9-25)8-19-15-14(22-29-23-15)16(21-26)20-11-3-4-13(18)12(17)7-11/h3-4,7,10,26H,5-6,8-9H2,1-2H3,(H,19,23)(H,20,21)/t10-/m1/s1. The average Bonchev–Trinajstić information content (AvgIpc) is 3.36. The molecule has 1 aliphatic rings. The van der Waals surface area contributed by atoms with Gasteiger partial charge >= 0.3 is 0 Å². The van der Waals surface area contributed by atoms with Crippen LogP contribution in [-0.2, 0) is 10.2 Å². The van der Waals surface area contributed by atoms with Gasteiger partial charge in [0.05, 0.1) is 10.2 Å². The average molecular weight is 506 g/mol. The van der Waals surface area contributed by atoms with Crippen LogP contribution in [0.4, 0.5) is 15.9 Å². The number of hydrogen-bond acceptors (Lipinski definition) is 8. The summed E-state index contributed by atoms with van der Waals surface area (Å²) in [4.78, 5) is 4.19. The van der Waals surface area contributed by atoms with Crippen molar-refractivity contribution < 1.29 is 22.6 Å². The molecule has 14 heteroatoms. The molecule has 0 spiro atoms. The SMILES string of the molecule is CN(C)S(=O)(=O)N1CC[C@H](CNc2nonc2C(=Nc2ccc(F)c(Br)c2)NO)C1. The minimum atomic E-state index is -3.45. The quantitative estimate of drug-likeness (QED) is 0.293. The van der Waals surface area contributed by atoms with Gasteiger partial charge in [-0.25, -0.2) is 14.0 Å². The molecule has 0 aliphatic carbocycles. The Bertz CT molecular complexity index is 1030. The lowest BCUT2D eigenvalue weighted by atomic mass is 10.1. The molecule has 1 aliphatic heterocycles. The summed E-state index contributed by atoms with van der Waals surface area (Å²) in [5, 5.41) is 20.1. The molecule has 0 radical (unpaired) electrons. The number of rotatable bonds is 7. The second-order valence-electron chi connectivity index (χ2n) is 6.82. The molecule has 0 bridgehead atoms. The summed E-state index contributed by atoms with van der Waals surface area (Å²) in [6.45, 7) is 1.22. The summed E-state index contributed by atoms with van der Waals surface area (Å²) < 4.78 is 45.4. The van der Waals surface area contributed by atoms with Gasteiger partial charge in [-0.05, 0) is 56.8 Å². The Morgan fingerprint density at radius 1 is 1.47 bits per heavy atom. The Balaban J connectivity index is 1.69. The highest BCUT2D eigenvalue weighted by Gasteiger charge is 2.33. The van der Waals surface area contributed by atoms with Crippen LogP contribution in [0.25, 0.3) is 0 Å². The molecule has 2 heterocycles. The van der Waals surface area contributed by atoms with Crippen molar-refractivity contribution >= 4 is 43.5 Å². The predicted octanol–water partition coefficient (Wildman–Crippen LogP) is 1.57. The number of anilines is 1. The van der Waals surface area contributed by atoms with Crippen molar-refractivity contribution in [2.75, 3.05) is 39.0 Å². The normalized spacial score (nSPS) is 18.2. The maximum absolute atomic E-state index is 13.4. The van der Waals surface area contributed by atoms with Crippen molar-refractivity contribution in [3.63, 3.8) is 0 Å². The number of halogens is 2. The second-order valence-corrected chi connectivity index (χ2v) is 9.81. The van der Waals surface area contributed by atoms with Gasteiger partial charge < -0.3 is 5.32 Å². The topological polar surface area (TPSA) is 136 Å². The highest BCUT2D eigenvalue weighted by Crippen LogP contribution is 2.24. The van der Waals surface area contributed by atoms with E-state index >= 15 is 0 Å². The van der Waals surface area contributed by atoms with E-state index in [4.69, 9.17) is 4.63 Å². The van der Waals surface area contributed by atoms with Crippen LogP contribution in [0.1, 0.15) is 12.1 Å². The molecule has 3 rings (SSSR count). The van der Waals surface area contributed by atoms with E-state index in [0.717, 1.165) is 0 Å². The fourth-order valence-corrected chi connectivity index (χ4v) is 4.48. The van der Waals surface area contributed by atoms with Gasteiger partial charge in [-0.2, -0.15) is 17.0 Å². The minimum absolute atomic E-state index is 0.0551. The molecular weight excluding hydrogens is 485 g/mol. The van der Waals surface area contributed by atoms with E-state index in [1.54, 1.807) is 0 Å². The summed E-state index contributed by atoms with van der Waals surface area (Å²) >= 11 is 3.08. The Kier molecular flexibility index (Phi) is 7.02. The first-order valence-electron chi connectivity index (χ1n) is 8.90. The largest absolute Gasteiger partial charge is 0.365 e. The first-order valence-corrected chi connectivity index (χ1v) is 11.1.